The second-order valence-electron chi connectivity index (χ2n) is 14.5. The number of hydrogen-bond acceptors (Lipinski definition) is 2. The minimum absolute atomic E-state index is 0.0129. The highest BCUT2D eigenvalue weighted by Crippen LogP contribution is 2.41. The van der Waals surface area contributed by atoms with Crippen LogP contribution in [0, 0.1) is 0 Å². The molecule has 0 saturated heterocycles. The van der Waals surface area contributed by atoms with Gasteiger partial charge in [-0.05, 0) is 65.6 Å². The highest BCUT2D eigenvalue weighted by Gasteiger charge is 2.38. The summed E-state index contributed by atoms with van der Waals surface area (Å²) in [6, 6.07) is 43.0. The fourth-order valence-electron chi connectivity index (χ4n) is 7.57. The lowest BCUT2D eigenvalue weighted by molar-refractivity contribution is -0.570. The first kappa shape index (κ1) is 28.5. The van der Waals surface area contributed by atoms with Gasteiger partial charge in [-0.1, -0.05) is 89.2 Å². The average molecular weight is 626 g/mol. The zero-order valence-corrected chi connectivity index (χ0v) is 27.9. The molecule has 0 unspecified atom stereocenters. The molecule has 5 heteroatoms. The Morgan fingerprint density at radius 1 is 0.667 bits per heavy atom. The third kappa shape index (κ3) is 4.24. The van der Waals surface area contributed by atoms with Crippen molar-refractivity contribution in [3.63, 3.8) is 0 Å². The van der Waals surface area contributed by atoms with Crippen LogP contribution in [-0.2, 0) is 10.8 Å². The van der Waals surface area contributed by atoms with E-state index in [1.165, 1.54) is 44.2 Å². The van der Waals surface area contributed by atoms with Crippen LogP contribution in [0.3, 0.4) is 0 Å². The normalized spacial score (nSPS) is 13.7. The van der Waals surface area contributed by atoms with E-state index in [1.807, 2.05) is 12.3 Å². The first-order valence-electron chi connectivity index (χ1n) is 16.6. The molecule has 48 heavy (non-hydrogen) atoms. The SMILES string of the molecule is CC(C)(C)c1ccnc(-n2c3ccccc3c3ccc(Oc4cccc(-n5c[n+]6c7c(cccc75)C(C)(C)c5ccccc5-6)c4)cc32)c1. The quantitative estimate of drug-likeness (QED) is 0.183. The summed E-state index contributed by atoms with van der Waals surface area (Å²) in [7, 11) is 0. The van der Waals surface area contributed by atoms with Crippen molar-refractivity contribution >= 4 is 32.8 Å². The zero-order chi connectivity index (χ0) is 32.8. The van der Waals surface area contributed by atoms with Crippen LogP contribution in [0.4, 0.5) is 0 Å². The summed E-state index contributed by atoms with van der Waals surface area (Å²) in [6.45, 7) is 11.4. The number of pyridine rings is 1. The number of fused-ring (bicyclic) bond motifs is 5. The Hall–Kier alpha value is -5.68. The number of para-hydroxylation sites is 3. The highest BCUT2D eigenvalue weighted by atomic mass is 16.5. The molecule has 5 aromatic carbocycles. The molecule has 0 amide bonds. The van der Waals surface area contributed by atoms with E-state index in [0.29, 0.717) is 0 Å². The third-order valence-electron chi connectivity index (χ3n) is 10.1. The van der Waals surface area contributed by atoms with E-state index in [4.69, 9.17) is 9.72 Å². The Morgan fingerprint density at radius 2 is 1.40 bits per heavy atom. The molecular formula is C43H37N4O+. The predicted octanol–water partition coefficient (Wildman–Crippen LogP) is 10.1. The molecule has 0 N–H and O–H groups in total. The van der Waals surface area contributed by atoms with Crippen LogP contribution in [0.5, 0.6) is 11.5 Å². The number of rotatable bonds is 4. The maximum atomic E-state index is 6.63. The lowest BCUT2D eigenvalue weighted by atomic mass is 9.75. The number of imidazole rings is 1. The minimum Gasteiger partial charge on any atom is -0.457 e. The Labute approximate surface area is 280 Å². The molecule has 1 aliphatic heterocycles. The lowest BCUT2D eigenvalue weighted by Crippen LogP contribution is -2.40. The van der Waals surface area contributed by atoms with Gasteiger partial charge in [0.15, 0.2) is 11.0 Å². The number of ether oxygens (including phenoxy) is 1. The van der Waals surface area contributed by atoms with Crippen LogP contribution in [0.1, 0.15) is 51.3 Å². The number of hydrogen-bond donors (Lipinski definition) is 0. The largest absolute Gasteiger partial charge is 0.457 e. The topological polar surface area (TPSA) is 35.9 Å². The van der Waals surface area contributed by atoms with Gasteiger partial charge in [-0.25, -0.2) is 4.98 Å². The summed E-state index contributed by atoms with van der Waals surface area (Å²) < 4.78 is 13.5. The van der Waals surface area contributed by atoms with Crippen molar-refractivity contribution in [1.29, 1.82) is 0 Å². The Balaban J connectivity index is 1.15. The standard InChI is InChI=1S/C43H37N4O/c1-42(2,3)28-22-23-44-40(24-28)47-36-17-8-6-14-32(36)33-21-20-31(26-39(33)47)48-30-13-10-12-29(25-30)45-27-46-37-18-9-7-15-34(37)43(4,5)35-16-11-19-38(45)41(35)46/h6-27H,1-5H3/q+1. The molecule has 0 radical (unpaired) electrons. The van der Waals surface area contributed by atoms with Gasteiger partial charge >= 0.3 is 0 Å². The summed E-state index contributed by atoms with van der Waals surface area (Å²) in [5.41, 5.74) is 10.7. The molecule has 0 atom stereocenters. The van der Waals surface area contributed by atoms with E-state index in [1.54, 1.807) is 0 Å². The van der Waals surface area contributed by atoms with Crippen molar-refractivity contribution < 1.29 is 9.30 Å². The molecule has 0 aliphatic carbocycles. The van der Waals surface area contributed by atoms with Crippen molar-refractivity contribution in [2.24, 2.45) is 0 Å². The number of nitrogens with zero attached hydrogens (tertiary/aromatic N) is 4. The second-order valence-corrected chi connectivity index (χ2v) is 14.5. The van der Waals surface area contributed by atoms with Gasteiger partial charge in [0.25, 0.3) is 6.33 Å². The van der Waals surface area contributed by atoms with Crippen molar-refractivity contribution in [2.75, 3.05) is 0 Å². The van der Waals surface area contributed by atoms with Gasteiger partial charge in [0.1, 0.15) is 28.7 Å². The first-order valence-corrected chi connectivity index (χ1v) is 16.6. The Morgan fingerprint density at radius 3 is 2.27 bits per heavy atom. The fourth-order valence-corrected chi connectivity index (χ4v) is 7.57. The lowest BCUT2D eigenvalue weighted by Gasteiger charge is -2.30. The molecule has 1 aliphatic rings. The summed E-state index contributed by atoms with van der Waals surface area (Å²) in [5.74, 6) is 2.46. The van der Waals surface area contributed by atoms with Crippen LogP contribution in [0.15, 0.2) is 134 Å². The van der Waals surface area contributed by atoms with Gasteiger partial charge in [-0.3, -0.25) is 4.57 Å². The van der Waals surface area contributed by atoms with Crippen LogP contribution in [-0.4, -0.2) is 14.1 Å². The number of aromatic nitrogens is 4. The minimum atomic E-state index is -0.0993. The van der Waals surface area contributed by atoms with Crippen molar-refractivity contribution in [3.8, 4) is 28.7 Å². The maximum Gasteiger partial charge on any atom is 0.255 e. The number of benzene rings is 5. The van der Waals surface area contributed by atoms with Gasteiger partial charge < -0.3 is 4.74 Å². The van der Waals surface area contributed by atoms with Gasteiger partial charge in [0.05, 0.1) is 11.0 Å². The Kier molecular flexibility index (Phi) is 6.04. The highest BCUT2D eigenvalue weighted by molar-refractivity contribution is 6.09. The van der Waals surface area contributed by atoms with Crippen molar-refractivity contribution in [2.45, 2.75) is 45.4 Å². The van der Waals surface area contributed by atoms with Crippen LogP contribution in [0.25, 0.3) is 50.0 Å². The van der Waals surface area contributed by atoms with Gasteiger partial charge in [0.2, 0.25) is 0 Å². The van der Waals surface area contributed by atoms with Gasteiger partial charge in [-0.15, -0.1) is 0 Å². The molecule has 0 spiro atoms. The van der Waals surface area contributed by atoms with Crippen LogP contribution < -0.4 is 9.30 Å². The fraction of sp³-hybridized carbons (Fsp3) is 0.163. The van der Waals surface area contributed by atoms with E-state index in [-0.39, 0.29) is 10.8 Å². The summed E-state index contributed by atoms with van der Waals surface area (Å²) in [5, 5.41) is 2.36. The molecular weight excluding hydrogens is 589 g/mol. The molecule has 234 valence electrons. The van der Waals surface area contributed by atoms with Crippen molar-refractivity contribution in [1.82, 2.24) is 14.1 Å². The molecule has 3 aromatic heterocycles. The summed E-state index contributed by atoms with van der Waals surface area (Å²) in [4.78, 5) is 4.84. The van der Waals surface area contributed by atoms with Crippen LogP contribution >= 0.6 is 0 Å². The average Bonchev–Trinajstić information content (AvgIpc) is 3.64. The van der Waals surface area contributed by atoms with E-state index >= 15 is 0 Å². The van der Waals surface area contributed by atoms with E-state index in [2.05, 4.69) is 170 Å². The smallest absolute Gasteiger partial charge is 0.255 e. The van der Waals surface area contributed by atoms with Gasteiger partial charge in [-0.2, -0.15) is 9.13 Å². The monoisotopic (exact) mass is 625 g/mol. The molecule has 9 rings (SSSR count). The van der Waals surface area contributed by atoms with E-state index in [9.17, 15) is 0 Å². The van der Waals surface area contributed by atoms with Gasteiger partial charge in [0, 0.05) is 45.6 Å². The van der Waals surface area contributed by atoms with E-state index < -0.39 is 0 Å². The molecule has 4 heterocycles. The maximum absolute atomic E-state index is 6.63. The molecule has 0 fully saturated rings. The predicted molar refractivity (Wildman–Crippen MR) is 194 cm³/mol. The third-order valence-corrected chi connectivity index (χ3v) is 10.1. The van der Waals surface area contributed by atoms with Crippen LogP contribution in [0.2, 0.25) is 0 Å². The second kappa shape index (κ2) is 10.2. The first-order chi connectivity index (χ1) is 23.2. The summed E-state index contributed by atoms with van der Waals surface area (Å²) >= 11 is 0. The van der Waals surface area contributed by atoms with E-state index in [0.717, 1.165) is 34.0 Å². The molecule has 5 nitrogen and oxygen atoms in total. The molecule has 0 bridgehead atoms. The Bertz CT molecular complexity index is 2560. The molecule has 0 saturated carbocycles. The van der Waals surface area contributed by atoms with Crippen molar-refractivity contribution in [3.05, 3.63) is 151 Å². The zero-order valence-electron chi connectivity index (χ0n) is 27.9. The summed E-state index contributed by atoms with van der Waals surface area (Å²) in [6.07, 6.45) is 4.13. The molecule has 8 aromatic rings.